The summed E-state index contributed by atoms with van der Waals surface area (Å²) in [6, 6.07) is 18.3. The highest BCUT2D eigenvalue weighted by Crippen LogP contribution is 2.18. The SMILES string of the molecule is CN(C)C(=O)c1ccc(CSCc2ccccc2)cc1. The maximum absolute atomic E-state index is 11.8. The van der Waals surface area contributed by atoms with Crippen molar-refractivity contribution in [3.8, 4) is 0 Å². The number of rotatable bonds is 5. The van der Waals surface area contributed by atoms with Crippen LogP contribution < -0.4 is 0 Å². The van der Waals surface area contributed by atoms with Gasteiger partial charge >= 0.3 is 0 Å². The monoisotopic (exact) mass is 285 g/mol. The molecule has 0 spiro atoms. The number of nitrogens with zero attached hydrogens (tertiary/aromatic N) is 1. The van der Waals surface area contributed by atoms with Gasteiger partial charge < -0.3 is 4.90 Å². The third kappa shape index (κ3) is 4.14. The molecule has 0 bridgehead atoms. The fourth-order valence-electron chi connectivity index (χ4n) is 1.86. The summed E-state index contributed by atoms with van der Waals surface area (Å²) in [5.41, 5.74) is 3.34. The van der Waals surface area contributed by atoms with Crippen molar-refractivity contribution in [1.29, 1.82) is 0 Å². The van der Waals surface area contributed by atoms with Gasteiger partial charge in [-0.25, -0.2) is 0 Å². The zero-order valence-electron chi connectivity index (χ0n) is 11.9. The molecule has 0 atom stereocenters. The molecule has 0 aromatic heterocycles. The summed E-state index contributed by atoms with van der Waals surface area (Å²) >= 11 is 1.88. The van der Waals surface area contributed by atoms with Crippen molar-refractivity contribution in [2.24, 2.45) is 0 Å². The van der Waals surface area contributed by atoms with E-state index in [2.05, 4.69) is 24.3 Å². The zero-order valence-corrected chi connectivity index (χ0v) is 12.7. The molecule has 1 amide bonds. The van der Waals surface area contributed by atoms with Gasteiger partial charge in [-0.05, 0) is 23.3 Å². The summed E-state index contributed by atoms with van der Waals surface area (Å²) in [6.07, 6.45) is 0. The second-order valence-corrected chi connectivity index (χ2v) is 5.86. The van der Waals surface area contributed by atoms with E-state index in [-0.39, 0.29) is 5.91 Å². The number of carbonyl (C=O) groups excluding carboxylic acids is 1. The zero-order chi connectivity index (χ0) is 14.4. The first-order valence-electron chi connectivity index (χ1n) is 6.59. The Balaban J connectivity index is 1.87. The lowest BCUT2D eigenvalue weighted by Crippen LogP contribution is -2.21. The summed E-state index contributed by atoms with van der Waals surface area (Å²) in [6.45, 7) is 0. The molecule has 0 N–H and O–H groups in total. The minimum atomic E-state index is 0.0495. The van der Waals surface area contributed by atoms with Gasteiger partial charge in [-0.1, -0.05) is 42.5 Å². The van der Waals surface area contributed by atoms with E-state index in [0.29, 0.717) is 0 Å². The molecule has 0 aliphatic rings. The largest absolute Gasteiger partial charge is 0.345 e. The maximum Gasteiger partial charge on any atom is 0.253 e. The van der Waals surface area contributed by atoms with Crippen molar-refractivity contribution in [3.63, 3.8) is 0 Å². The van der Waals surface area contributed by atoms with Gasteiger partial charge in [-0.3, -0.25) is 4.79 Å². The molecule has 0 heterocycles. The highest BCUT2D eigenvalue weighted by molar-refractivity contribution is 7.97. The van der Waals surface area contributed by atoms with Crippen LogP contribution in [0.15, 0.2) is 54.6 Å². The van der Waals surface area contributed by atoms with Crippen LogP contribution in [0.4, 0.5) is 0 Å². The molecule has 2 nitrogen and oxygen atoms in total. The van der Waals surface area contributed by atoms with Crippen LogP contribution in [-0.4, -0.2) is 24.9 Å². The second kappa shape index (κ2) is 7.15. The summed E-state index contributed by atoms with van der Waals surface area (Å²) in [5.74, 6) is 2.03. The van der Waals surface area contributed by atoms with Crippen LogP contribution >= 0.6 is 11.8 Å². The van der Waals surface area contributed by atoms with Gasteiger partial charge in [0.05, 0.1) is 0 Å². The Morgan fingerprint density at radius 1 is 0.900 bits per heavy atom. The molecule has 0 fully saturated rings. The summed E-state index contributed by atoms with van der Waals surface area (Å²) < 4.78 is 0. The summed E-state index contributed by atoms with van der Waals surface area (Å²) in [7, 11) is 3.54. The van der Waals surface area contributed by atoms with Gasteiger partial charge in [0.1, 0.15) is 0 Å². The molecule has 3 heteroatoms. The van der Waals surface area contributed by atoms with E-state index in [0.717, 1.165) is 17.1 Å². The third-order valence-electron chi connectivity index (χ3n) is 2.99. The van der Waals surface area contributed by atoms with Gasteiger partial charge in [-0.15, -0.1) is 0 Å². The van der Waals surface area contributed by atoms with Crippen molar-refractivity contribution in [2.45, 2.75) is 11.5 Å². The van der Waals surface area contributed by atoms with Crippen molar-refractivity contribution in [1.82, 2.24) is 4.90 Å². The van der Waals surface area contributed by atoms with E-state index in [1.165, 1.54) is 11.1 Å². The minimum Gasteiger partial charge on any atom is -0.345 e. The van der Waals surface area contributed by atoms with E-state index < -0.39 is 0 Å². The second-order valence-electron chi connectivity index (χ2n) is 4.87. The molecule has 2 rings (SSSR count). The Kier molecular flexibility index (Phi) is 5.24. The Bertz CT molecular complexity index is 549. The van der Waals surface area contributed by atoms with Crippen LogP contribution in [0.25, 0.3) is 0 Å². The highest BCUT2D eigenvalue weighted by Gasteiger charge is 2.06. The maximum atomic E-state index is 11.8. The van der Waals surface area contributed by atoms with Gasteiger partial charge in [0.2, 0.25) is 0 Å². The Morgan fingerprint density at radius 2 is 1.45 bits per heavy atom. The van der Waals surface area contributed by atoms with Gasteiger partial charge in [-0.2, -0.15) is 11.8 Å². The molecular weight excluding hydrogens is 266 g/mol. The molecule has 0 radical (unpaired) electrons. The average molecular weight is 285 g/mol. The lowest BCUT2D eigenvalue weighted by atomic mass is 10.1. The average Bonchev–Trinajstić information content (AvgIpc) is 2.48. The van der Waals surface area contributed by atoms with Crippen LogP contribution in [0.2, 0.25) is 0 Å². The number of hydrogen-bond donors (Lipinski definition) is 0. The number of benzene rings is 2. The summed E-state index contributed by atoms with van der Waals surface area (Å²) in [4.78, 5) is 13.4. The molecule has 2 aromatic carbocycles. The molecule has 20 heavy (non-hydrogen) atoms. The van der Waals surface area contributed by atoms with E-state index in [1.54, 1.807) is 19.0 Å². The standard InChI is InChI=1S/C17H19NOS/c1-18(2)17(19)16-10-8-15(9-11-16)13-20-12-14-6-4-3-5-7-14/h3-11H,12-13H2,1-2H3. The molecule has 0 saturated heterocycles. The van der Waals surface area contributed by atoms with Crippen LogP contribution in [0.1, 0.15) is 21.5 Å². The van der Waals surface area contributed by atoms with Gasteiger partial charge in [0, 0.05) is 31.2 Å². The van der Waals surface area contributed by atoms with E-state index in [1.807, 2.05) is 42.1 Å². The number of carbonyl (C=O) groups is 1. The molecule has 0 unspecified atom stereocenters. The van der Waals surface area contributed by atoms with Crippen molar-refractivity contribution in [2.75, 3.05) is 14.1 Å². The number of amides is 1. The molecule has 2 aromatic rings. The van der Waals surface area contributed by atoms with E-state index in [9.17, 15) is 4.79 Å². The minimum absolute atomic E-state index is 0.0495. The van der Waals surface area contributed by atoms with E-state index >= 15 is 0 Å². The summed E-state index contributed by atoms with van der Waals surface area (Å²) in [5, 5.41) is 0. The van der Waals surface area contributed by atoms with Gasteiger partial charge in [0.15, 0.2) is 0 Å². The van der Waals surface area contributed by atoms with Crippen molar-refractivity contribution < 1.29 is 4.79 Å². The van der Waals surface area contributed by atoms with Crippen LogP contribution in [0.3, 0.4) is 0 Å². The highest BCUT2D eigenvalue weighted by atomic mass is 32.2. The van der Waals surface area contributed by atoms with Crippen molar-refractivity contribution in [3.05, 3.63) is 71.3 Å². The molecule has 104 valence electrons. The quantitative estimate of drug-likeness (QED) is 0.832. The molecular formula is C17H19NOS. The van der Waals surface area contributed by atoms with E-state index in [4.69, 9.17) is 0 Å². The first-order chi connectivity index (χ1) is 9.66. The fourth-order valence-corrected chi connectivity index (χ4v) is 2.82. The van der Waals surface area contributed by atoms with Gasteiger partial charge in [0.25, 0.3) is 5.91 Å². The normalized spacial score (nSPS) is 10.3. The van der Waals surface area contributed by atoms with Crippen LogP contribution in [0, 0.1) is 0 Å². The predicted molar refractivity (Wildman–Crippen MR) is 85.9 cm³/mol. The first kappa shape index (κ1) is 14.7. The number of hydrogen-bond acceptors (Lipinski definition) is 2. The topological polar surface area (TPSA) is 20.3 Å². The van der Waals surface area contributed by atoms with Crippen LogP contribution in [0.5, 0.6) is 0 Å². The third-order valence-corrected chi connectivity index (χ3v) is 4.06. The number of thioether (sulfide) groups is 1. The van der Waals surface area contributed by atoms with Crippen molar-refractivity contribution >= 4 is 17.7 Å². The predicted octanol–water partition coefficient (Wildman–Crippen LogP) is 3.82. The molecule has 0 saturated carbocycles. The Morgan fingerprint density at radius 3 is 2.00 bits per heavy atom. The Labute approximate surface area is 124 Å². The molecule has 0 aliphatic carbocycles. The lowest BCUT2D eigenvalue weighted by Gasteiger charge is -2.10. The van der Waals surface area contributed by atoms with Crippen LogP contribution in [-0.2, 0) is 11.5 Å². The molecule has 0 aliphatic heterocycles. The fraction of sp³-hybridized carbons (Fsp3) is 0.235. The lowest BCUT2D eigenvalue weighted by molar-refractivity contribution is 0.0827. The first-order valence-corrected chi connectivity index (χ1v) is 7.74. The Hall–Kier alpha value is -1.74. The smallest absolute Gasteiger partial charge is 0.253 e.